The van der Waals surface area contributed by atoms with Gasteiger partial charge in [0.15, 0.2) is 6.10 Å². The fourth-order valence-corrected chi connectivity index (χ4v) is 3.36. The van der Waals surface area contributed by atoms with E-state index in [1.165, 1.54) is 6.92 Å². The van der Waals surface area contributed by atoms with E-state index in [9.17, 15) is 14.4 Å². The number of hydrogen-bond acceptors (Lipinski definition) is 4. The normalized spacial score (nSPS) is 14.6. The molecule has 1 fully saturated rings. The molecule has 1 heterocycles. The summed E-state index contributed by atoms with van der Waals surface area (Å²) in [5, 5.41) is 3.13. The Labute approximate surface area is 178 Å². The topological polar surface area (TPSA) is 75.7 Å². The molecule has 3 rings (SSSR count). The molecule has 2 amide bonds. The Bertz CT molecular complexity index is 931. The van der Waals surface area contributed by atoms with Crippen LogP contribution in [0.2, 0.25) is 10.0 Å². The molecule has 0 radical (unpaired) electrons. The molecule has 6 nitrogen and oxygen atoms in total. The number of halogens is 2. The van der Waals surface area contributed by atoms with E-state index in [1.54, 1.807) is 35.2 Å². The van der Waals surface area contributed by atoms with Crippen LogP contribution in [0.25, 0.3) is 0 Å². The van der Waals surface area contributed by atoms with E-state index in [-0.39, 0.29) is 17.4 Å². The highest BCUT2D eigenvalue weighted by molar-refractivity contribution is 6.44. The molecule has 152 valence electrons. The Kier molecular flexibility index (Phi) is 6.77. The van der Waals surface area contributed by atoms with E-state index in [0.29, 0.717) is 23.7 Å². The first-order chi connectivity index (χ1) is 13.8. The molecular formula is C21H20Cl2N2O4. The fourth-order valence-electron chi connectivity index (χ4n) is 3.01. The van der Waals surface area contributed by atoms with Crippen molar-refractivity contribution in [3.05, 3.63) is 58.1 Å². The Morgan fingerprint density at radius 1 is 1.17 bits per heavy atom. The maximum atomic E-state index is 12.3. The first-order valence-corrected chi connectivity index (χ1v) is 9.94. The highest BCUT2D eigenvalue weighted by Gasteiger charge is 2.22. The molecular weight excluding hydrogens is 415 g/mol. The first kappa shape index (κ1) is 21.1. The average Bonchev–Trinajstić information content (AvgIpc) is 3.12. The molecule has 1 saturated heterocycles. The summed E-state index contributed by atoms with van der Waals surface area (Å²) in [7, 11) is 0. The van der Waals surface area contributed by atoms with Gasteiger partial charge in [-0.15, -0.1) is 0 Å². The molecule has 1 N–H and O–H groups in total. The number of ether oxygens (including phenoxy) is 1. The number of hydrogen-bond donors (Lipinski definition) is 1. The summed E-state index contributed by atoms with van der Waals surface area (Å²) in [6, 6.07) is 12.0. The van der Waals surface area contributed by atoms with E-state index < -0.39 is 18.0 Å². The van der Waals surface area contributed by atoms with Crippen LogP contribution in [0.15, 0.2) is 42.5 Å². The Hall–Kier alpha value is -2.57. The second-order valence-electron chi connectivity index (χ2n) is 6.71. The molecule has 1 unspecified atom stereocenters. The van der Waals surface area contributed by atoms with E-state index in [0.717, 1.165) is 17.7 Å². The van der Waals surface area contributed by atoms with Crippen molar-refractivity contribution < 1.29 is 19.1 Å². The van der Waals surface area contributed by atoms with Crippen molar-refractivity contribution in [1.82, 2.24) is 0 Å². The number of carbonyl (C=O) groups is 3. The van der Waals surface area contributed by atoms with Crippen molar-refractivity contribution in [2.24, 2.45) is 0 Å². The van der Waals surface area contributed by atoms with Gasteiger partial charge in [0.2, 0.25) is 5.91 Å². The molecule has 1 aliphatic rings. The van der Waals surface area contributed by atoms with Crippen LogP contribution < -0.4 is 10.2 Å². The quantitative estimate of drug-likeness (QED) is 0.689. The van der Waals surface area contributed by atoms with Crippen LogP contribution in [0, 0.1) is 0 Å². The predicted molar refractivity (Wildman–Crippen MR) is 112 cm³/mol. The van der Waals surface area contributed by atoms with Crippen LogP contribution in [0.3, 0.4) is 0 Å². The lowest BCUT2D eigenvalue weighted by atomic mass is 10.1. The summed E-state index contributed by atoms with van der Waals surface area (Å²) < 4.78 is 5.21. The first-order valence-electron chi connectivity index (χ1n) is 9.19. The minimum Gasteiger partial charge on any atom is -0.452 e. The van der Waals surface area contributed by atoms with Gasteiger partial charge in [-0.2, -0.15) is 0 Å². The zero-order valence-electron chi connectivity index (χ0n) is 15.8. The lowest BCUT2D eigenvalue weighted by Gasteiger charge is -2.16. The number of carbonyl (C=O) groups excluding carboxylic acids is 3. The summed E-state index contributed by atoms with van der Waals surface area (Å²) in [5.74, 6) is -0.933. The van der Waals surface area contributed by atoms with Gasteiger partial charge in [0, 0.05) is 18.7 Å². The van der Waals surface area contributed by atoms with Crippen LogP contribution >= 0.6 is 23.2 Å². The summed E-state index contributed by atoms with van der Waals surface area (Å²) >= 11 is 12.0. The molecule has 2 aromatic rings. The third kappa shape index (κ3) is 5.28. The van der Waals surface area contributed by atoms with Crippen molar-refractivity contribution >= 4 is 52.4 Å². The highest BCUT2D eigenvalue weighted by Crippen LogP contribution is 2.29. The smallest absolute Gasteiger partial charge is 0.311 e. The average molecular weight is 435 g/mol. The summed E-state index contributed by atoms with van der Waals surface area (Å²) in [5.41, 5.74) is 1.89. The predicted octanol–water partition coefficient (Wildman–Crippen LogP) is 4.23. The molecule has 8 heteroatoms. The van der Waals surface area contributed by atoms with Crippen LogP contribution in [0.4, 0.5) is 11.4 Å². The molecule has 0 spiro atoms. The van der Waals surface area contributed by atoms with Crippen molar-refractivity contribution in [3.63, 3.8) is 0 Å². The molecule has 1 atom stereocenters. The fraction of sp³-hybridized carbons (Fsp3) is 0.286. The number of amides is 2. The minimum atomic E-state index is -1.00. The van der Waals surface area contributed by atoms with Crippen molar-refractivity contribution in [1.29, 1.82) is 0 Å². The van der Waals surface area contributed by atoms with E-state index >= 15 is 0 Å². The lowest BCUT2D eigenvalue weighted by molar-refractivity contribution is -0.152. The number of esters is 1. The van der Waals surface area contributed by atoms with Gasteiger partial charge < -0.3 is 15.0 Å². The Morgan fingerprint density at radius 2 is 1.90 bits per heavy atom. The van der Waals surface area contributed by atoms with Crippen molar-refractivity contribution in [2.75, 3.05) is 16.8 Å². The van der Waals surface area contributed by atoms with Crippen LogP contribution in [-0.2, 0) is 25.5 Å². The minimum absolute atomic E-state index is 0.0176. The van der Waals surface area contributed by atoms with Crippen LogP contribution in [-0.4, -0.2) is 30.4 Å². The monoisotopic (exact) mass is 434 g/mol. The number of anilines is 2. The third-order valence-corrected chi connectivity index (χ3v) is 5.38. The third-order valence-electron chi connectivity index (χ3n) is 4.56. The van der Waals surface area contributed by atoms with Gasteiger partial charge in [-0.1, -0.05) is 41.4 Å². The summed E-state index contributed by atoms with van der Waals surface area (Å²) in [6.45, 7) is 2.19. The summed E-state index contributed by atoms with van der Waals surface area (Å²) in [4.78, 5) is 38.0. The molecule has 0 aromatic heterocycles. The van der Waals surface area contributed by atoms with E-state index in [4.69, 9.17) is 27.9 Å². The number of nitrogens with one attached hydrogen (secondary N) is 1. The Morgan fingerprint density at radius 3 is 2.55 bits per heavy atom. The highest BCUT2D eigenvalue weighted by atomic mass is 35.5. The van der Waals surface area contributed by atoms with Crippen LogP contribution in [0.1, 0.15) is 25.3 Å². The van der Waals surface area contributed by atoms with Gasteiger partial charge in [-0.3, -0.25) is 14.4 Å². The zero-order chi connectivity index (χ0) is 21.0. The largest absolute Gasteiger partial charge is 0.452 e. The Balaban J connectivity index is 1.53. The molecule has 1 aliphatic heterocycles. The molecule has 2 aromatic carbocycles. The van der Waals surface area contributed by atoms with Gasteiger partial charge in [0.05, 0.1) is 22.2 Å². The second kappa shape index (κ2) is 9.29. The van der Waals surface area contributed by atoms with Crippen molar-refractivity contribution in [2.45, 2.75) is 32.3 Å². The number of nitrogens with zero attached hydrogens (tertiary/aromatic N) is 1. The van der Waals surface area contributed by atoms with Gasteiger partial charge in [0.1, 0.15) is 0 Å². The number of rotatable bonds is 6. The SMILES string of the molecule is CC(OC(=O)Cc1ccc(N2CCCC2=O)cc1)C(=O)Nc1cccc(Cl)c1Cl. The molecule has 0 aliphatic carbocycles. The van der Waals surface area contributed by atoms with Gasteiger partial charge in [0.25, 0.3) is 5.91 Å². The second-order valence-corrected chi connectivity index (χ2v) is 7.50. The van der Waals surface area contributed by atoms with Crippen molar-refractivity contribution in [3.8, 4) is 0 Å². The maximum absolute atomic E-state index is 12.3. The molecule has 0 bridgehead atoms. The van der Waals surface area contributed by atoms with Gasteiger partial charge in [-0.05, 0) is 43.2 Å². The zero-order valence-corrected chi connectivity index (χ0v) is 17.3. The standard InChI is InChI=1S/C21H20Cl2N2O4/c1-13(21(28)24-17-5-2-4-16(22)20(17)23)29-19(27)12-14-7-9-15(10-8-14)25-11-3-6-18(25)26/h2,4-5,7-10,13H,3,6,11-12H2,1H3,(H,24,28). The molecule has 0 saturated carbocycles. The van der Waals surface area contributed by atoms with E-state index in [1.807, 2.05) is 12.1 Å². The molecule has 29 heavy (non-hydrogen) atoms. The van der Waals surface area contributed by atoms with E-state index in [2.05, 4.69) is 5.32 Å². The summed E-state index contributed by atoms with van der Waals surface area (Å²) in [6.07, 6.45) is 0.435. The van der Waals surface area contributed by atoms with Gasteiger partial charge >= 0.3 is 5.97 Å². The van der Waals surface area contributed by atoms with Crippen LogP contribution in [0.5, 0.6) is 0 Å². The maximum Gasteiger partial charge on any atom is 0.311 e. The number of benzene rings is 2. The lowest BCUT2D eigenvalue weighted by Crippen LogP contribution is -2.30. The van der Waals surface area contributed by atoms with Gasteiger partial charge in [-0.25, -0.2) is 0 Å².